The van der Waals surface area contributed by atoms with Gasteiger partial charge in [0.05, 0.1) is 16.4 Å². The average molecular weight is 301 g/mol. The molecule has 1 N–H and O–H groups in total. The third-order valence-corrected chi connectivity index (χ3v) is 4.87. The van der Waals surface area contributed by atoms with Crippen molar-refractivity contribution in [2.75, 3.05) is 11.9 Å². The lowest BCUT2D eigenvalue weighted by Crippen LogP contribution is -1.97. The van der Waals surface area contributed by atoms with Crippen molar-refractivity contribution in [2.24, 2.45) is 0 Å². The van der Waals surface area contributed by atoms with Gasteiger partial charge in [-0.1, -0.05) is 23.5 Å². The van der Waals surface area contributed by atoms with E-state index in [9.17, 15) is 0 Å². The van der Waals surface area contributed by atoms with Crippen molar-refractivity contribution in [2.45, 2.75) is 6.92 Å². The Labute approximate surface area is 122 Å². The Hall–Kier alpha value is -1.99. The zero-order valence-electron chi connectivity index (χ0n) is 10.7. The predicted molar refractivity (Wildman–Crippen MR) is 83.6 cm³/mol. The van der Waals surface area contributed by atoms with Gasteiger partial charge in [-0.05, 0) is 19.1 Å². The second-order valence-corrected chi connectivity index (χ2v) is 6.25. The van der Waals surface area contributed by atoms with Gasteiger partial charge in [0.2, 0.25) is 10.1 Å². The van der Waals surface area contributed by atoms with Crippen molar-refractivity contribution in [1.29, 1.82) is 0 Å². The Balaban J connectivity index is 1.88. The Morgan fingerprint density at radius 2 is 2.15 bits per heavy atom. The van der Waals surface area contributed by atoms with Crippen LogP contribution in [0.25, 0.3) is 25.9 Å². The van der Waals surface area contributed by atoms with Gasteiger partial charge in [-0.15, -0.1) is 16.4 Å². The molecule has 0 aliphatic carbocycles. The van der Waals surface area contributed by atoms with Crippen molar-refractivity contribution in [3.8, 4) is 10.7 Å². The van der Waals surface area contributed by atoms with Gasteiger partial charge in [-0.3, -0.25) is 0 Å². The monoisotopic (exact) mass is 301 g/mol. The molecule has 0 amide bonds. The van der Waals surface area contributed by atoms with E-state index in [-0.39, 0.29) is 0 Å². The minimum absolute atomic E-state index is 0.854. The first-order chi connectivity index (χ1) is 9.85. The molecule has 0 aliphatic rings. The minimum Gasteiger partial charge on any atom is -0.360 e. The van der Waals surface area contributed by atoms with Gasteiger partial charge in [0.25, 0.3) is 0 Å². The summed E-state index contributed by atoms with van der Waals surface area (Å²) in [5.74, 6) is 0. The van der Waals surface area contributed by atoms with Crippen LogP contribution < -0.4 is 5.32 Å². The molecule has 0 spiro atoms. The van der Waals surface area contributed by atoms with Crippen LogP contribution in [0, 0.1) is 0 Å². The normalized spacial score (nSPS) is 11.4. The molecule has 4 rings (SSSR count). The number of hydrogen-bond donors (Lipinski definition) is 1. The van der Waals surface area contributed by atoms with Gasteiger partial charge in [-0.2, -0.15) is 4.52 Å². The highest BCUT2D eigenvalue weighted by Gasteiger charge is 2.14. The number of aromatic nitrogens is 4. The molecule has 0 atom stereocenters. The zero-order chi connectivity index (χ0) is 13.5. The lowest BCUT2D eigenvalue weighted by molar-refractivity contribution is 0.972. The standard InChI is InChI=1S/C13H11N5S2/c1-2-14-12-17-18-9(7-15-13(18)20-12)11-16-8-5-3-4-6-10(8)19-11/h3-7H,2H2,1H3,(H,14,17). The van der Waals surface area contributed by atoms with Crippen LogP contribution in [0.4, 0.5) is 5.13 Å². The lowest BCUT2D eigenvalue weighted by atomic mass is 10.3. The Bertz CT molecular complexity index is 855. The molecule has 0 aliphatic heterocycles. The average Bonchev–Trinajstić information content (AvgIpc) is 3.10. The highest BCUT2D eigenvalue weighted by atomic mass is 32.1. The summed E-state index contributed by atoms with van der Waals surface area (Å²) in [6.45, 7) is 2.91. The largest absolute Gasteiger partial charge is 0.360 e. The van der Waals surface area contributed by atoms with Crippen LogP contribution in [0.5, 0.6) is 0 Å². The van der Waals surface area contributed by atoms with E-state index in [4.69, 9.17) is 0 Å². The SMILES string of the molecule is CCNc1nn2c(-c3nc4ccccc4s3)cnc2s1. The van der Waals surface area contributed by atoms with E-state index < -0.39 is 0 Å². The van der Waals surface area contributed by atoms with Gasteiger partial charge in [0.1, 0.15) is 10.7 Å². The molecule has 20 heavy (non-hydrogen) atoms. The number of imidazole rings is 1. The van der Waals surface area contributed by atoms with Gasteiger partial charge in [-0.25, -0.2) is 9.97 Å². The van der Waals surface area contributed by atoms with Gasteiger partial charge in [0.15, 0.2) is 0 Å². The molecule has 0 bridgehead atoms. The highest BCUT2D eigenvalue weighted by Crippen LogP contribution is 2.31. The first kappa shape index (κ1) is 11.8. The maximum absolute atomic E-state index is 4.66. The third kappa shape index (κ3) is 1.78. The van der Waals surface area contributed by atoms with E-state index in [0.717, 1.165) is 32.9 Å². The second-order valence-electron chi connectivity index (χ2n) is 4.26. The van der Waals surface area contributed by atoms with Crippen LogP contribution in [0.3, 0.4) is 0 Å². The predicted octanol–water partition coefficient (Wildman–Crippen LogP) is 3.50. The smallest absolute Gasteiger partial charge is 0.214 e. The summed E-state index contributed by atoms with van der Waals surface area (Å²) in [5.41, 5.74) is 1.96. The Morgan fingerprint density at radius 3 is 3.00 bits per heavy atom. The molecule has 3 aromatic heterocycles. The van der Waals surface area contributed by atoms with Crippen molar-refractivity contribution in [1.82, 2.24) is 19.6 Å². The van der Waals surface area contributed by atoms with Crippen LogP contribution in [0.1, 0.15) is 6.92 Å². The fraction of sp³-hybridized carbons (Fsp3) is 0.154. The summed E-state index contributed by atoms with van der Waals surface area (Å²) >= 11 is 3.22. The summed E-state index contributed by atoms with van der Waals surface area (Å²) in [4.78, 5) is 9.96. The summed E-state index contributed by atoms with van der Waals surface area (Å²) in [6, 6.07) is 8.14. The van der Waals surface area contributed by atoms with Crippen LogP contribution in [0.15, 0.2) is 30.5 Å². The number of benzene rings is 1. The number of fused-ring (bicyclic) bond motifs is 2. The molecular formula is C13H11N5S2. The molecule has 0 saturated carbocycles. The minimum atomic E-state index is 0.854. The fourth-order valence-electron chi connectivity index (χ4n) is 2.04. The molecule has 100 valence electrons. The van der Waals surface area contributed by atoms with E-state index in [2.05, 4.69) is 33.4 Å². The number of nitrogens with zero attached hydrogens (tertiary/aromatic N) is 4. The Morgan fingerprint density at radius 1 is 1.25 bits per heavy atom. The summed E-state index contributed by atoms with van der Waals surface area (Å²) in [5, 5.41) is 9.59. The molecule has 3 heterocycles. The summed E-state index contributed by atoms with van der Waals surface area (Å²) < 4.78 is 3.04. The number of nitrogens with one attached hydrogen (secondary N) is 1. The first-order valence-corrected chi connectivity index (χ1v) is 7.93. The number of anilines is 1. The van der Waals surface area contributed by atoms with Crippen molar-refractivity contribution >= 4 is 43.0 Å². The number of hydrogen-bond acceptors (Lipinski definition) is 6. The van der Waals surface area contributed by atoms with Crippen LogP contribution in [-0.4, -0.2) is 26.1 Å². The van der Waals surface area contributed by atoms with E-state index in [1.54, 1.807) is 22.7 Å². The van der Waals surface area contributed by atoms with Crippen molar-refractivity contribution < 1.29 is 0 Å². The number of thiazole rings is 1. The molecule has 7 heteroatoms. The van der Waals surface area contributed by atoms with E-state index >= 15 is 0 Å². The Kier molecular flexibility index (Phi) is 2.68. The van der Waals surface area contributed by atoms with Gasteiger partial charge in [0, 0.05) is 6.54 Å². The molecular weight excluding hydrogens is 290 g/mol. The topological polar surface area (TPSA) is 55.1 Å². The molecule has 4 aromatic rings. The summed E-state index contributed by atoms with van der Waals surface area (Å²) in [6.07, 6.45) is 1.84. The lowest BCUT2D eigenvalue weighted by Gasteiger charge is -1.93. The van der Waals surface area contributed by atoms with E-state index in [1.807, 2.05) is 28.9 Å². The van der Waals surface area contributed by atoms with Crippen LogP contribution in [-0.2, 0) is 0 Å². The highest BCUT2D eigenvalue weighted by molar-refractivity contribution is 7.22. The molecule has 0 saturated heterocycles. The molecule has 0 radical (unpaired) electrons. The maximum Gasteiger partial charge on any atom is 0.214 e. The van der Waals surface area contributed by atoms with E-state index in [1.165, 1.54) is 4.70 Å². The third-order valence-electron chi connectivity index (χ3n) is 2.93. The van der Waals surface area contributed by atoms with E-state index in [0.29, 0.717) is 0 Å². The zero-order valence-corrected chi connectivity index (χ0v) is 12.3. The molecule has 5 nitrogen and oxygen atoms in total. The van der Waals surface area contributed by atoms with Crippen molar-refractivity contribution in [3.05, 3.63) is 30.5 Å². The summed E-state index contributed by atoms with van der Waals surface area (Å²) in [7, 11) is 0. The number of para-hydroxylation sites is 1. The number of rotatable bonds is 3. The van der Waals surface area contributed by atoms with Crippen LogP contribution in [0.2, 0.25) is 0 Å². The quantitative estimate of drug-likeness (QED) is 0.629. The maximum atomic E-state index is 4.66. The van der Waals surface area contributed by atoms with Gasteiger partial charge >= 0.3 is 0 Å². The fourth-order valence-corrected chi connectivity index (χ4v) is 3.85. The van der Waals surface area contributed by atoms with Crippen LogP contribution >= 0.6 is 22.7 Å². The van der Waals surface area contributed by atoms with Crippen molar-refractivity contribution in [3.63, 3.8) is 0 Å². The molecule has 0 unspecified atom stereocenters. The second kappa shape index (κ2) is 4.53. The molecule has 0 fully saturated rings. The van der Waals surface area contributed by atoms with Gasteiger partial charge < -0.3 is 5.32 Å². The first-order valence-electron chi connectivity index (χ1n) is 6.29. The molecule has 1 aromatic carbocycles.